The summed E-state index contributed by atoms with van der Waals surface area (Å²) < 4.78 is 10.7. The van der Waals surface area contributed by atoms with Crippen molar-refractivity contribution in [2.24, 2.45) is 29.4 Å². The first-order valence-electron chi connectivity index (χ1n) is 22.1. The Morgan fingerprint density at radius 1 is 0.662 bits per heavy atom. The summed E-state index contributed by atoms with van der Waals surface area (Å²) in [6, 6.07) is 13.1. The number of amides is 7. The zero-order valence-electron chi connectivity index (χ0n) is 36.4. The Bertz CT molecular complexity index is 2480. The highest BCUT2D eigenvalue weighted by atomic mass is 16.5. The van der Waals surface area contributed by atoms with Crippen LogP contribution in [0.4, 0.5) is 0 Å². The normalized spacial score (nSPS) is 19.6. The number of hydrogen-bond donors (Lipinski definition) is 9. The molecular formula is C46H56N10O9. The van der Waals surface area contributed by atoms with Gasteiger partial charge in [-0.1, -0.05) is 37.8 Å². The summed E-state index contributed by atoms with van der Waals surface area (Å²) in [7, 11) is 3.13. The summed E-state index contributed by atoms with van der Waals surface area (Å²) in [6.07, 6.45) is 6.65. The number of nitriles is 1. The largest absolute Gasteiger partial charge is 0.496 e. The SMILES string of the molecule is COc1cccc2[nH]c(C(=O)N[C@@H](CC3CC3)C(=O)N[C@@H](C[C@@H]3CCNC3=O)C(N)=O)cc12.COc1cccc2[nH]c(C(=O)N[C@@H](CC3CC3)C(=O)N[C@H](C#N)C[C@@H]3CCNC3=O)cc12. The van der Waals surface area contributed by atoms with Gasteiger partial charge in [0.25, 0.3) is 11.8 Å². The van der Waals surface area contributed by atoms with Gasteiger partial charge in [-0.05, 0) is 86.8 Å². The number of methoxy groups -OCH3 is 2. The van der Waals surface area contributed by atoms with Gasteiger partial charge in [0.05, 0.1) is 20.3 Å². The van der Waals surface area contributed by atoms with Crippen molar-refractivity contribution in [2.45, 2.75) is 88.4 Å². The van der Waals surface area contributed by atoms with Crippen LogP contribution in [0.25, 0.3) is 21.8 Å². The fraction of sp³-hybridized carbons (Fsp3) is 0.478. The number of carbonyl (C=O) groups is 7. The molecule has 2 saturated carbocycles. The summed E-state index contributed by atoms with van der Waals surface area (Å²) in [5.41, 5.74) is 7.63. The van der Waals surface area contributed by atoms with Crippen molar-refractivity contribution in [3.63, 3.8) is 0 Å². The summed E-state index contributed by atoms with van der Waals surface area (Å²) in [5.74, 6) is -1.29. The van der Waals surface area contributed by atoms with Crippen molar-refractivity contribution in [2.75, 3.05) is 27.3 Å². The maximum absolute atomic E-state index is 13.1. The molecule has 0 radical (unpaired) electrons. The van der Waals surface area contributed by atoms with E-state index in [9.17, 15) is 38.8 Å². The molecule has 65 heavy (non-hydrogen) atoms. The van der Waals surface area contributed by atoms with Gasteiger partial charge in [0, 0.05) is 46.7 Å². The highest BCUT2D eigenvalue weighted by Gasteiger charge is 2.36. The van der Waals surface area contributed by atoms with Gasteiger partial charge < -0.3 is 57.1 Å². The van der Waals surface area contributed by atoms with Gasteiger partial charge in [-0.2, -0.15) is 5.26 Å². The number of fused-ring (bicyclic) bond motifs is 2. The molecule has 344 valence electrons. The fourth-order valence-electron chi connectivity index (χ4n) is 8.41. The maximum atomic E-state index is 13.1. The number of hydrogen-bond acceptors (Lipinski definition) is 10. The number of carbonyl (C=O) groups excluding carboxylic acids is 7. The van der Waals surface area contributed by atoms with Crippen LogP contribution in [-0.2, 0) is 24.0 Å². The Morgan fingerprint density at radius 3 is 1.52 bits per heavy atom. The summed E-state index contributed by atoms with van der Waals surface area (Å²) in [6.45, 7) is 1.13. The number of nitrogens with one attached hydrogen (secondary N) is 8. The number of H-pyrrole nitrogens is 2. The zero-order valence-corrected chi connectivity index (χ0v) is 36.4. The maximum Gasteiger partial charge on any atom is 0.268 e. The summed E-state index contributed by atoms with van der Waals surface area (Å²) in [5, 5.41) is 27.5. The van der Waals surface area contributed by atoms with E-state index in [0.29, 0.717) is 73.5 Å². The van der Waals surface area contributed by atoms with E-state index in [1.807, 2.05) is 30.3 Å². The second-order valence-electron chi connectivity index (χ2n) is 17.3. The Morgan fingerprint density at radius 2 is 1.12 bits per heavy atom. The molecular weight excluding hydrogens is 837 g/mol. The van der Waals surface area contributed by atoms with Gasteiger partial charge in [-0.25, -0.2) is 0 Å². The summed E-state index contributed by atoms with van der Waals surface area (Å²) >= 11 is 0. The van der Waals surface area contributed by atoms with Crippen LogP contribution in [0.5, 0.6) is 11.5 Å². The smallest absolute Gasteiger partial charge is 0.268 e. The Kier molecular flexibility index (Phi) is 14.6. The average Bonchev–Trinajstić information content (AvgIpc) is 4.08. The molecule has 4 fully saturated rings. The van der Waals surface area contributed by atoms with E-state index in [-0.39, 0.29) is 36.5 Å². The Labute approximate surface area is 375 Å². The van der Waals surface area contributed by atoms with E-state index in [2.05, 4.69) is 47.9 Å². The average molecular weight is 893 g/mol. The molecule has 8 rings (SSSR count). The van der Waals surface area contributed by atoms with Gasteiger partial charge in [0.15, 0.2) is 0 Å². The van der Waals surface area contributed by atoms with Crippen LogP contribution in [0, 0.1) is 35.0 Å². The van der Waals surface area contributed by atoms with E-state index >= 15 is 0 Å². The van der Waals surface area contributed by atoms with Gasteiger partial charge in [-0.15, -0.1) is 0 Å². The molecule has 0 bridgehead atoms. The number of rotatable bonds is 19. The first-order valence-corrected chi connectivity index (χ1v) is 22.1. The highest BCUT2D eigenvalue weighted by molar-refractivity contribution is 6.03. The monoisotopic (exact) mass is 892 g/mol. The van der Waals surface area contributed by atoms with Crippen LogP contribution in [0.15, 0.2) is 48.5 Å². The molecule has 2 aliphatic carbocycles. The first-order chi connectivity index (χ1) is 31.3. The lowest BCUT2D eigenvalue weighted by atomic mass is 9.97. The third-order valence-corrected chi connectivity index (χ3v) is 12.5. The van der Waals surface area contributed by atoms with Crippen molar-refractivity contribution in [3.8, 4) is 17.6 Å². The number of nitrogens with two attached hydrogens (primary N) is 1. The third kappa shape index (κ3) is 11.7. The number of ether oxygens (including phenoxy) is 2. The highest BCUT2D eigenvalue weighted by Crippen LogP contribution is 2.35. The van der Waals surface area contributed by atoms with Gasteiger partial charge in [-0.3, -0.25) is 33.6 Å². The van der Waals surface area contributed by atoms with Crippen molar-refractivity contribution in [1.29, 1.82) is 5.26 Å². The van der Waals surface area contributed by atoms with Crippen LogP contribution in [-0.4, -0.2) is 103 Å². The number of primary amides is 1. The van der Waals surface area contributed by atoms with Gasteiger partial charge in [0.1, 0.15) is 47.1 Å². The van der Waals surface area contributed by atoms with E-state index in [0.717, 1.165) is 47.5 Å². The molecule has 2 saturated heterocycles. The van der Waals surface area contributed by atoms with E-state index in [1.165, 1.54) is 0 Å². The Hall–Kier alpha value is -7.10. The molecule has 4 heterocycles. The molecule has 2 aliphatic heterocycles. The number of aromatic nitrogens is 2. The lowest BCUT2D eigenvalue weighted by Crippen LogP contribution is -2.53. The van der Waals surface area contributed by atoms with Crippen LogP contribution in [0.1, 0.15) is 85.2 Å². The predicted octanol–water partition coefficient (Wildman–Crippen LogP) is 2.18. The van der Waals surface area contributed by atoms with Crippen LogP contribution >= 0.6 is 0 Å². The first kappa shape index (κ1) is 45.9. The molecule has 4 aromatic rings. The fourth-order valence-corrected chi connectivity index (χ4v) is 8.41. The minimum atomic E-state index is -0.984. The van der Waals surface area contributed by atoms with Gasteiger partial charge >= 0.3 is 0 Å². The lowest BCUT2D eigenvalue weighted by molar-refractivity contribution is -0.130. The standard InChI is InChI=1S/C23H29N5O5.C23H27N5O4/c1-33-19-4-2-3-15-14(19)11-18(26-15)23(32)28-17(9-12-5-6-12)22(31)27-16(20(24)29)10-13-7-8-25-21(13)30;1-32-20-4-2-3-17-16(20)11-19(27-17)23(31)28-18(9-13-5-6-13)22(30)26-15(12-24)10-14-7-8-25-21(14)29/h2-4,11-13,16-17,26H,5-10H2,1H3,(H2,24,29)(H,25,30)(H,27,31)(H,28,32);2-4,11,13-15,18,27H,5-10H2,1H3,(H,25,29)(H,26,30)(H,28,31)/t13-,16-,17-;14-,15-,18-/m00/s1. The lowest BCUT2D eigenvalue weighted by Gasteiger charge is -2.23. The van der Waals surface area contributed by atoms with E-state index in [1.54, 1.807) is 32.4 Å². The Balaban J connectivity index is 0.000000194. The van der Waals surface area contributed by atoms with E-state index in [4.69, 9.17) is 15.2 Å². The molecule has 0 spiro atoms. The number of benzene rings is 2. The van der Waals surface area contributed by atoms with E-state index < -0.39 is 53.7 Å². The minimum Gasteiger partial charge on any atom is -0.496 e. The minimum absolute atomic E-state index is 0.0865. The topological polar surface area (TPSA) is 292 Å². The van der Waals surface area contributed by atoms with Crippen molar-refractivity contribution in [3.05, 3.63) is 59.9 Å². The molecule has 0 unspecified atom stereocenters. The molecule has 2 aromatic carbocycles. The number of nitrogens with zero attached hydrogens (tertiary/aromatic N) is 1. The zero-order chi connectivity index (χ0) is 46.2. The van der Waals surface area contributed by atoms with Crippen molar-refractivity contribution >= 4 is 63.2 Å². The number of aromatic amines is 2. The molecule has 2 aromatic heterocycles. The third-order valence-electron chi connectivity index (χ3n) is 12.5. The van der Waals surface area contributed by atoms with Crippen LogP contribution < -0.4 is 47.1 Å². The second kappa shape index (κ2) is 20.6. The predicted molar refractivity (Wildman–Crippen MR) is 237 cm³/mol. The van der Waals surface area contributed by atoms with Crippen LogP contribution in [0.3, 0.4) is 0 Å². The van der Waals surface area contributed by atoms with Crippen LogP contribution in [0.2, 0.25) is 0 Å². The van der Waals surface area contributed by atoms with Crippen molar-refractivity contribution in [1.82, 2.24) is 41.9 Å². The second-order valence-corrected chi connectivity index (χ2v) is 17.3. The van der Waals surface area contributed by atoms with Crippen molar-refractivity contribution < 1.29 is 43.0 Å². The molecule has 4 aliphatic rings. The van der Waals surface area contributed by atoms with Gasteiger partial charge in [0.2, 0.25) is 29.5 Å². The molecule has 19 heteroatoms. The molecule has 6 atom stereocenters. The molecule has 7 amide bonds. The quantitative estimate of drug-likeness (QED) is 0.0661. The molecule has 10 N–H and O–H groups in total. The summed E-state index contributed by atoms with van der Waals surface area (Å²) in [4.78, 5) is 93.7. The molecule has 19 nitrogen and oxygen atoms in total.